The molecular formula is C24H24FN3O4. The maximum absolute atomic E-state index is 13.9. The zero-order valence-electron chi connectivity index (χ0n) is 18.0. The van der Waals surface area contributed by atoms with Crippen molar-refractivity contribution in [1.29, 1.82) is 0 Å². The third kappa shape index (κ3) is 4.49. The highest BCUT2D eigenvalue weighted by atomic mass is 19.1. The number of piperazine rings is 1. The number of aryl methyl sites for hydroxylation is 2. The molecule has 1 aromatic heterocycles. The van der Waals surface area contributed by atoms with Crippen LogP contribution in [-0.2, 0) is 6.61 Å². The van der Waals surface area contributed by atoms with Gasteiger partial charge in [0.2, 0.25) is 0 Å². The average Bonchev–Trinajstić information content (AvgIpc) is 3.14. The van der Waals surface area contributed by atoms with Gasteiger partial charge in [0.25, 0.3) is 11.8 Å². The Morgan fingerprint density at radius 3 is 2.19 bits per heavy atom. The Labute approximate surface area is 185 Å². The van der Waals surface area contributed by atoms with Gasteiger partial charge >= 0.3 is 0 Å². The molecule has 1 fully saturated rings. The Morgan fingerprint density at radius 2 is 1.59 bits per heavy atom. The molecule has 1 aliphatic rings. The average molecular weight is 437 g/mol. The molecule has 0 spiro atoms. The monoisotopic (exact) mass is 437 g/mol. The van der Waals surface area contributed by atoms with Crippen LogP contribution in [0.25, 0.3) is 0 Å². The minimum Gasteiger partial charge on any atom is -0.489 e. The fourth-order valence-electron chi connectivity index (χ4n) is 3.66. The van der Waals surface area contributed by atoms with Crippen molar-refractivity contribution in [3.63, 3.8) is 0 Å². The predicted molar refractivity (Wildman–Crippen MR) is 115 cm³/mol. The summed E-state index contributed by atoms with van der Waals surface area (Å²) in [5.74, 6) is 0.367. The molecule has 2 heterocycles. The maximum Gasteiger partial charge on any atom is 0.256 e. The fraction of sp³-hybridized carbons (Fsp3) is 0.292. The number of rotatable bonds is 5. The van der Waals surface area contributed by atoms with Gasteiger partial charge in [-0.25, -0.2) is 4.39 Å². The lowest BCUT2D eigenvalue weighted by Gasteiger charge is -2.35. The molecule has 0 aliphatic carbocycles. The highest BCUT2D eigenvalue weighted by Gasteiger charge is 2.26. The molecule has 4 rings (SSSR count). The van der Waals surface area contributed by atoms with Crippen LogP contribution in [0, 0.1) is 19.7 Å². The van der Waals surface area contributed by atoms with Crippen LogP contribution in [0.15, 0.2) is 53.1 Å². The summed E-state index contributed by atoms with van der Waals surface area (Å²) >= 11 is 0. The van der Waals surface area contributed by atoms with Gasteiger partial charge in [0, 0.05) is 31.7 Å². The number of carbonyl (C=O) groups is 2. The topological polar surface area (TPSA) is 75.9 Å². The van der Waals surface area contributed by atoms with Crippen molar-refractivity contribution in [2.45, 2.75) is 20.5 Å². The molecule has 166 valence electrons. The summed E-state index contributed by atoms with van der Waals surface area (Å²) in [6, 6.07) is 12.9. The summed E-state index contributed by atoms with van der Waals surface area (Å²) in [6.07, 6.45) is 0. The Balaban J connectivity index is 1.32. The number of amides is 2. The second kappa shape index (κ2) is 9.21. The van der Waals surface area contributed by atoms with Gasteiger partial charge in [-0.15, -0.1) is 0 Å². The summed E-state index contributed by atoms with van der Waals surface area (Å²) in [4.78, 5) is 28.7. The molecule has 1 aliphatic heterocycles. The molecule has 0 bridgehead atoms. The molecule has 8 heteroatoms. The second-order valence-electron chi connectivity index (χ2n) is 7.68. The van der Waals surface area contributed by atoms with E-state index in [0.29, 0.717) is 44.1 Å². The van der Waals surface area contributed by atoms with Gasteiger partial charge in [-0.3, -0.25) is 9.59 Å². The standard InChI is InChI=1S/C24H24FN3O4/c1-16-21(17(2)32-26-16)15-31-19-9-7-18(8-10-19)23(29)27-11-13-28(14-12-27)24(30)20-5-3-4-6-22(20)25/h3-10H,11-15H2,1-2H3. The highest BCUT2D eigenvalue weighted by molar-refractivity contribution is 5.96. The molecule has 32 heavy (non-hydrogen) atoms. The van der Waals surface area contributed by atoms with E-state index in [4.69, 9.17) is 9.26 Å². The van der Waals surface area contributed by atoms with Crippen LogP contribution < -0.4 is 4.74 Å². The SMILES string of the molecule is Cc1noc(C)c1COc1ccc(C(=O)N2CCN(C(=O)c3ccccc3F)CC2)cc1. The number of halogens is 1. The van der Waals surface area contributed by atoms with E-state index < -0.39 is 5.82 Å². The lowest BCUT2D eigenvalue weighted by molar-refractivity contribution is 0.0532. The lowest BCUT2D eigenvalue weighted by Crippen LogP contribution is -2.50. The minimum atomic E-state index is -0.535. The summed E-state index contributed by atoms with van der Waals surface area (Å²) in [5, 5.41) is 3.91. The van der Waals surface area contributed by atoms with E-state index >= 15 is 0 Å². The first-order valence-electron chi connectivity index (χ1n) is 10.4. The van der Waals surface area contributed by atoms with E-state index in [9.17, 15) is 14.0 Å². The number of hydrogen-bond donors (Lipinski definition) is 0. The van der Waals surface area contributed by atoms with E-state index in [1.807, 2.05) is 13.8 Å². The van der Waals surface area contributed by atoms with Gasteiger partial charge in [-0.05, 0) is 50.2 Å². The smallest absolute Gasteiger partial charge is 0.256 e. The number of aromatic nitrogens is 1. The molecule has 0 saturated carbocycles. The van der Waals surface area contributed by atoms with Crippen molar-refractivity contribution in [2.75, 3.05) is 26.2 Å². The molecule has 2 amide bonds. The maximum atomic E-state index is 13.9. The molecule has 3 aromatic rings. The van der Waals surface area contributed by atoms with Crippen LogP contribution in [0.4, 0.5) is 4.39 Å². The van der Waals surface area contributed by atoms with Crippen LogP contribution in [0.1, 0.15) is 37.7 Å². The van der Waals surface area contributed by atoms with E-state index in [1.165, 1.54) is 12.1 Å². The predicted octanol–water partition coefficient (Wildman–Crippen LogP) is 3.61. The van der Waals surface area contributed by atoms with Gasteiger partial charge in [0.1, 0.15) is 23.9 Å². The Bertz CT molecular complexity index is 1100. The molecule has 1 saturated heterocycles. The lowest BCUT2D eigenvalue weighted by atomic mass is 10.1. The third-order valence-electron chi connectivity index (χ3n) is 5.62. The molecule has 2 aromatic carbocycles. The quantitative estimate of drug-likeness (QED) is 0.610. The van der Waals surface area contributed by atoms with E-state index in [-0.39, 0.29) is 17.4 Å². The first-order chi connectivity index (χ1) is 15.4. The summed E-state index contributed by atoms with van der Waals surface area (Å²) in [6.45, 7) is 5.54. The Kier molecular flexibility index (Phi) is 6.20. The molecule has 0 atom stereocenters. The summed E-state index contributed by atoms with van der Waals surface area (Å²) in [7, 11) is 0. The van der Waals surface area contributed by atoms with E-state index in [0.717, 1.165) is 17.0 Å². The minimum absolute atomic E-state index is 0.0551. The van der Waals surface area contributed by atoms with Gasteiger partial charge in [0.05, 0.1) is 16.8 Å². The van der Waals surface area contributed by atoms with Crippen LogP contribution in [0.2, 0.25) is 0 Å². The van der Waals surface area contributed by atoms with Gasteiger partial charge in [-0.2, -0.15) is 0 Å². The number of benzene rings is 2. The van der Waals surface area contributed by atoms with Crippen molar-refractivity contribution in [1.82, 2.24) is 15.0 Å². The van der Waals surface area contributed by atoms with Crippen molar-refractivity contribution in [3.8, 4) is 5.75 Å². The first kappa shape index (κ1) is 21.5. The molecule has 0 radical (unpaired) electrons. The number of hydrogen-bond acceptors (Lipinski definition) is 5. The first-order valence-corrected chi connectivity index (χ1v) is 10.4. The van der Waals surface area contributed by atoms with E-state index in [2.05, 4.69) is 5.16 Å². The van der Waals surface area contributed by atoms with E-state index in [1.54, 1.807) is 46.2 Å². The van der Waals surface area contributed by atoms with Crippen LogP contribution in [0.5, 0.6) is 5.75 Å². The van der Waals surface area contributed by atoms with Crippen molar-refractivity contribution < 1.29 is 23.2 Å². The van der Waals surface area contributed by atoms with Crippen LogP contribution >= 0.6 is 0 Å². The second-order valence-corrected chi connectivity index (χ2v) is 7.68. The zero-order chi connectivity index (χ0) is 22.7. The number of ether oxygens (including phenoxy) is 1. The summed E-state index contributed by atoms with van der Waals surface area (Å²) in [5.41, 5.74) is 2.30. The fourth-order valence-corrected chi connectivity index (χ4v) is 3.66. The number of carbonyl (C=O) groups excluding carboxylic acids is 2. The van der Waals surface area contributed by atoms with Crippen LogP contribution in [-0.4, -0.2) is 52.9 Å². The van der Waals surface area contributed by atoms with Crippen molar-refractivity contribution >= 4 is 11.8 Å². The van der Waals surface area contributed by atoms with Gasteiger partial charge in [0.15, 0.2) is 0 Å². The van der Waals surface area contributed by atoms with Gasteiger partial charge < -0.3 is 19.1 Å². The number of nitrogens with zero attached hydrogens (tertiary/aromatic N) is 3. The normalized spacial score (nSPS) is 13.8. The highest BCUT2D eigenvalue weighted by Crippen LogP contribution is 2.19. The molecule has 0 N–H and O–H groups in total. The zero-order valence-corrected chi connectivity index (χ0v) is 18.0. The van der Waals surface area contributed by atoms with Crippen molar-refractivity contribution in [3.05, 3.63) is 82.5 Å². The summed E-state index contributed by atoms with van der Waals surface area (Å²) < 4.78 is 24.8. The molecular weight excluding hydrogens is 413 g/mol. The molecule has 0 unspecified atom stereocenters. The van der Waals surface area contributed by atoms with Crippen LogP contribution in [0.3, 0.4) is 0 Å². The van der Waals surface area contributed by atoms with Crippen molar-refractivity contribution in [2.24, 2.45) is 0 Å². The largest absolute Gasteiger partial charge is 0.489 e. The Morgan fingerprint density at radius 1 is 0.969 bits per heavy atom. The van der Waals surface area contributed by atoms with Gasteiger partial charge in [-0.1, -0.05) is 17.3 Å². The molecule has 7 nitrogen and oxygen atoms in total. The third-order valence-corrected chi connectivity index (χ3v) is 5.62. The Hall–Kier alpha value is -3.68.